The molecule has 0 bridgehead atoms. The van der Waals surface area contributed by atoms with Crippen LogP contribution < -0.4 is 9.62 Å². The number of hydrogen-bond donors (Lipinski definition) is 1. The Hall–Kier alpha value is -3.65. The Bertz CT molecular complexity index is 1390. The van der Waals surface area contributed by atoms with Crippen LogP contribution in [0, 0.1) is 20.8 Å². The maximum Gasteiger partial charge on any atom is 0.242 e. The summed E-state index contributed by atoms with van der Waals surface area (Å²) in [7, 11) is -1.98. The first-order chi connectivity index (χ1) is 18.5. The number of benzene rings is 3. The van der Waals surface area contributed by atoms with Gasteiger partial charge in [-0.1, -0.05) is 66.2 Å². The molecule has 1 N–H and O–H groups in total. The van der Waals surface area contributed by atoms with Gasteiger partial charge in [-0.3, -0.25) is 13.9 Å². The Morgan fingerprint density at radius 2 is 1.56 bits per heavy atom. The summed E-state index contributed by atoms with van der Waals surface area (Å²) < 4.78 is 26.6. The number of rotatable bonds is 12. The van der Waals surface area contributed by atoms with Gasteiger partial charge in [-0.2, -0.15) is 0 Å². The number of likely N-dealkylation sites (N-methyl/N-ethyl adjacent to an activating group) is 1. The van der Waals surface area contributed by atoms with Crippen LogP contribution >= 0.6 is 0 Å². The highest BCUT2D eigenvalue weighted by atomic mass is 32.2. The van der Waals surface area contributed by atoms with Crippen LogP contribution in [0.1, 0.15) is 40.7 Å². The molecule has 0 aromatic heterocycles. The third kappa shape index (κ3) is 8.42. The molecule has 0 heterocycles. The molecule has 3 rings (SSSR count). The van der Waals surface area contributed by atoms with Gasteiger partial charge in [-0.25, -0.2) is 8.42 Å². The molecule has 0 aliphatic heterocycles. The molecule has 0 radical (unpaired) electrons. The van der Waals surface area contributed by atoms with Gasteiger partial charge in [-0.15, -0.1) is 0 Å². The Labute approximate surface area is 232 Å². The van der Waals surface area contributed by atoms with Crippen molar-refractivity contribution in [2.45, 2.75) is 52.6 Å². The first kappa shape index (κ1) is 29.9. The van der Waals surface area contributed by atoms with Gasteiger partial charge in [0.25, 0.3) is 0 Å². The Balaban J connectivity index is 1.85. The summed E-state index contributed by atoms with van der Waals surface area (Å²) >= 11 is 0. The number of nitrogens with one attached hydrogen (secondary N) is 1. The Morgan fingerprint density at radius 3 is 2.18 bits per heavy atom. The number of anilines is 1. The predicted octanol–water partition coefficient (Wildman–Crippen LogP) is 4.54. The second-order valence-corrected chi connectivity index (χ2v) is 11.9. The summed E-state index contributed by atoms with van der Waals surface area (Å²) in [5.74, 6) is -0.442. The second kappa shape index (κ2) is 13.4. The van der Waals surface area contributed by atoms with Crippen LogP contribution in [0.15, 0.2) is 72.8 Å². The van der Waals surface area contributed by atoms with Crippen LogP contribution in [0.3, 0.4) is 0 Å². The summed E-state index contributed by atoms with van der Waals surface area (Å²) in [5, 5.41) is 2.72. The van der Waals surface area contributed by atoms with Crippen LogP contribution in [-0.4, -0.2) is 51.0 Å². The monoisotopic (exact) mass is 549 g/mol. The number of amides is 2. The number of sulfonamides is 1. The summed E-state index contributed by atoms with van der Waals surface area (Å²) in [6.45, 7) is 6.34. The normalized spacial score (nSPS) is 12.0. The lowest BCUT2D eigenvalue weighted by Crippen LogP contribution is -2.49. The molecule has 7 nitrogen and oxygen atoms in total. The number of nitrogens with zero attached hydrogens (tertiary/aromatic N) is 2. The standard InChI is InChI=1S/C31H39N3O4S/c1-23-11-9-14-27(19-23)22-33(29(31(36)32-4)21-26-12-7-6-8-13-26)30(35)15-10-18-34(39(5,37)38)28-17-16-24(2)25(3)20-28/h6-9,11-14,16-17,19-20,29H,10,15,18,21-22H2,1-5H3,(H,32,36)/t29-/m0/s1. The minimum Gasteiger partial charge on any atom is -0.357 e. The lowest BCUT2D eigenvalue weighted by molar-refractivity contribution is -0.141. The predicted molar refractivity (Wildman–Crippen MR) is 157 cm³/mol. The van der Waals surface area contributed by atoms with E-state index in [0.29, 0.717) is 18.5 Å². The zero-order valence-corrected chi connectivity index (χ0v) is 24.3. The number of carbonyl (C=O) groups is 2. The zero-order chi connectivity index (χ0) is 28.6. The number of carbonyl (C=O) groups excluding carboxylic acids is 2. The molecule has 208 valence electrons. The zero-order valence-electron chi connectivity index (χ0n) is 23.5. The first-order valence-electron chi connectivity index (χ1n) is 13.1. The van der Waals surface area contributed by atoms with Crippen molar-refractivity contribution in [2.75, 3.05) is 24.2 Å². The van der Waals surface area contributed by atoms with E-state index in [0.717, 1.165) is 27.8 Å². The van der Waals surface area contributed by atoms with Crippen molar-refractivity contribution < 1.29 is 18.0 Å². The molecule has 0 fully saturated rings. The molecule has 0 spiro atoms. The summed E-state index contributed by atoms with van der Waals surface area (Å²) in [5.41, 5.74) is 5.60. The average molecular weight is 550 g/mol. The lowest BCUT2D eigenvalue weighted by atomic mass is 10.0. The number of aryl methyl sites for hydroxylation is 3. The van der Waals surface area contributed by atoms with Crippen molar-refractivity contribution in [1.82, 2.24) is 10.2 Å². The Morgan fingerprint density at radius 1 is 0.872 bits per heavy atom. The largest absolute Gasteiger partial charge is 0.357 e. The van der Waals surface area contributed by atoms with E-state index in [1.807, 2.05) is 87.5 Å². The van der Waals surface area contributed by atoms with Crippen molar-refractivity contribution in [2.24, 2.45) is 0 Å². The van der Waals surface area contributed by atoms with Gasteiger partial charge in [0.2, 0.25) is 21.8 Å². The summed E-state index contributed by atoms with van der Waals surface area (Å²) in [4.78, 5) is 28.4. The van der Waals surface area contributed by atoms with Gasteiger partial charge in [0.1, 0.15) is 6.04 Å². The SMILES string of the molecule is CNC(=O)[C@H](Cc1ccccc1)N(Cc1cccc(C)c1)C(=O)CCCN(c1ccc(C)c(C)c1)S(C)(=O)=O. The fourth-order valence-corrected chi connectivity index (χ4v) is 5.57. The minimum atomic E-state index is -3.55. The van der Waals surface area contributed by atoms with Gasteiger partial charge in [0.15, 0.2) is 0 Å². The van der Waals surface area contributed by atoms with Gasteiger partial charge in [0, 0.05) is 33.0 Å². The van der Waals surface area contributed by atoms with E-state index < -0.39 is 16.1 Å². The molecule has 8 heteroatoms. The molecule has 39 heavy (non-hydrogen) atoms. The van der Waals surface area contributed by atoms with E-state index in [1.165, 1.54) is 10.6 Å². The van der Waals surface area contributed by atoms with Crippen LogP contribution in [0.4, 0.5) is 5.69 Å². The lowest BCUT2D eigenvalue weighted by Gasteiger charge is -2.31. The van der Waals surface area contributed by atoms with E-state index in [2.05, 4.69) is 5.32 Å². The van der Waals surface area contributed by atoms with E-state index in [9.17, 15) is 18.0 Å². The van der Waals surface area contributed by atoms with Crippen molar-refractivity contribution in [3.05, 3.63) is 101 Å². The average Bonchev–Trinajstić information content (AvgIpc) is 2.89. The van der Waals surface area contributed by atoms with Crippen LogP contribution in [0.25, 0.3) is 0 Å². The molecular formula is C31H39N3O4S. The summed E-state index contributed by atoms with van der Waals surface area (Å²) in [6, 6.07) is 22.3. The fraction of sp³-hybridized carbons (Fsp3) is 0.355. The van der Waals surface area contributed by atoms with Crippen LogP contribution in [-0.2, 0) is 32.6 Å². The molecule has 3 aromatic rings. The highest BCUT2D eigenvalue weighted by molar-refractivity contribution is 7.92. The minimum absolute atomic E-state index is 0.102. The smallest absolute Gasteiger partial charge is 0.242 e. The molecule has 0 saturated carbocycles. The highest BCUT2D eigenvalue weighted by Gasteiger charge is 2.30. The molecular weight excluding hydrogens is 510 g/mol. The van der Waals surface area contributed by atoms with Crippen molar-refractivity contribution >= 4 is 27.5 Å². The van der Waals surface area contributed by atoms with Gasteiger partial charge in [0.05, 0.1) is 11.9 Å². The van der Waals surface area contributed by atoms with Gasteiger partial charge < -0.3 is 10.2 Å². The molecule has 3 aromatic carbocycles. The second-order valence-electron chi connectivity index (χ2n) is 10.0. The van der Waals surface area contributed by atoms with E-state index in [4.69, 9.17) is 0 Å². The summed E-state index contributed by atoms with van der Waals surface area (Å²) in [6.07, 6.45) is 1.96. The molecule has 0 aliphatic rings. The first-order valence-corrected chi connectivity index (χ1v) is 15.0. The number of hydrogen-bond acceptors (Lipinski definition) is 4. The molecule has 0 aliphatic carbocycles. The van der Waals surface area contributed by atoms with E-state index >= 15 is 0 Å². The third-order valence-electron chi connectivity index (χ3n) is 6.88. The maximum atomic E-state index is 13.7. The van der Waals surface area contributed by atoms with E-state index in [1.54, 1.807) is 18.0 Å². The molecule has 1 atom stereocenters. The Kier molecular flexibility index (Phi) is 10.3. The van der Waals surface area contributed by atoms with Crippen molar-refractivity contribution in [3.8, 4) is 0 Å². The van der Waals surface area contributed by atoms with Crippen molar-refractivity contribution in [1.29, 1.82) is 0 Å². The van der Waals surface area contributed by atoms with Crippen LogP contribution in [0.2, 0.25) is 0 Å². The molecule has 0 saturated heterocycles. The van der Waals surface area contributed by atoms with E-state index in [-0.39, 0.29) is 31.3 Å². The molecule has 0 unspecified atom stereocenters. The third-order valence-corrected chi connectivity index (χ3v) is 8.08. The highest BCUT2D eigenvalue weighted by Crippen LogP contribution is 2.23. The maximum absolute atomic E-state index is 13.7. The van der Waals surface area contributed by atoms with Gasteiger partial charge >= 0.3 is 0 Å². The quantitative estimate of drug-likeness (QED) is 0.359. The van der Waals surface area contributed by atoms with Crippen molar-refractivity contribution in [3.63, 3.8) is 0 Å². The molecule has 2 amide bonds. The topological polar surface area (TPSA) is 86.8 Å². The van der Waals surface area contributed by atoms with Crippen LogP contribution in [0.5, 0.6) is 0 Å². The van der Waals surface area contributed by atoms with Gasteiger partial charge in [-0.05, 0) is 61.6 Å². The fourth-order valence-electron chi connectivity index (χ4n) is 4.61.